The van der Waals surface area contributed by atoms with Crippen LogP contribution in [0.15, 0.2) is 0 Å². The number of hydrazine groups is 1. The first kappa shape index (κ1) is 10.3. The van der Waals surface area contributed by atoms with Gasteiger partial charge in [0.1, 0.15) is 0 Å². The summed E-state index contributed by atoms with van der Waals surface area (Å²) in [6.45, 7) is 1.16. The first-order valence-corrected chi connectivity index (χ1v) is 6.27. The molecule has 80 valence electrons. The third-order valence-electron chi connectivity index (χ3n) is 2.97. The highest BCUT2D eigenvalue weighted by atomic mass is 32.2. The van der Waals surface area contributed by atoms with Gasteiger partial charge in [0.25, 0.3) is 0 Å². The van der Waals surface area contributed by atoms with E-state index in [4.69, 9.17) is 5.73 Å². The van der Waals surface area contributed by atoms with Crippen LogP contribution in [0.25, 0.3) is 0 Å². The van der Waals surface area contributed by atoms with E-state index in [-0.39, 0.29) is 11.4 Å². The highest BCUT2D eigenvalue weighted by Gasteiger charge is 2.42. The minimum absolute atomic E-state index is 0.0670. The van der Waals surface area contributed by atoms with Gasteiger partial charge in [-0.25, -0.2) is 5.43 Å². The van der Waals surface area contributed by atoms with Crippen LogP contribution < -0.4 is 11.2 Å². The lowest BCUT2D eigenvalue weighted by molar-refractivity contribution is -0.129. The van der Waals surface area contributed by atoms with Crippen molar-refractivity contribution < 1.29 is 4.79 Å². The molecule has 0 radical (unpaired) electrons. The lowest BCUT2D eigenvalue weighted by Gasteiger charge is -2.33. The van der Waals surface area contributed by atoms with Crippen molar-refractivity contribution in [3.05, 3.63) is 0 Å². The molecule has 0 unspecified atom stereocenters. The quantitative estimate of drug-likeness (QED) is 0.678. The van der Waals surface area contributed by atoms with E-state index >= 15 is 0 Å². The Bertz CT molecular complexity index is 228. The van der Waals surface area contributed by atoms with Crippen molar-refractivity contribution in [2.24, 2.45) is 5.73 Å². The molecule has 1 spiro atoms. The van der Waals surface area contributed by atoms with E-state index in [0.717, 1.165) is 24.3 Å². The summed E-state index contributed by atoms with van der Waals surface area (Å²) in [5.74, 6) is 2.54. The van der Waals surface area contributed by atoms with Gasteiger partial charge in [-0.1, -0.05) is 0 Å². The van der Waals surface area contributed by atoms with Gasteiger partial charge in [0.15, 0.2) is 0 Å². The molecule has 4 nitrogen and oxygen atoms in total. The number of carbonyl (C=O) groups is 1. The van der Waals surface area contributed by atoms with E-state index < -0.39 is 0 Å². The van der Waals surface area contributed by atoms with Crippen molar-refractivity contribution in [2.75, 3.05) is 24.6 Å². The average molecular weight is 215 g/mol. The number of nitrogens with zero attached hydrogens (tertiary/aromatic N) is 1. The summed E-state index contributed by atoms with van der Waals surface area (Å²) < 4.78 is 0. The topological polar surface area (TPSA) is 58.4 Å². The largest absolute Gasteiger partial charge is 0.329 e. The number of carbonyl (C=O) groups excluding carboxylic acids is 1. The zero-order valence-electron chi connectivity index (χ0n) is 8.29. The number of amides is 1. The lowest BCUT2D eigenvalue weighted by atomic mass is 9.91. The van der Waals surface area contributed by atoms with Crippen LogP contribution >= 0.6 is 11.8 Å². The Labute approximate surface area is 88.6 Å². The molecule has 0 aromatic heterocycles. The van der Waals surface area contributed by atoms with E-state index in [0.29, 0.717) is 19.5 Å². The van der Waals surface area contributed by atoms with Gasteiger partial charge in [0.05, 0.1) is 0 Å². The Morgan fingerprint density at radius 2 is 2.21 bits per heavy atom. The van der Waals surface area contributed by atoms with Crippen molar-refractivity contribution in [1.29, 1.82) is 0 Å². The van der Waals surface area contributed by atoms with Crippen molar-refractivity contribution in [3.63, 3.8) is 0 Å². The van der Waals surface area contributed by atoms with E-state index in [1.54, 1.807) is 5.01 Å². The van der Waals surface area contributed by atoms with Crippen molar-refractivity contribution in [1.82, 2.24) is 10.4 Å². The van der Waals surface area contributed by atoms with Crippen LogP contribution in [0.5, 0.6) is 0 Å². The van der Waals surface area contributed by atoms with Gasteiger partial charge >= 0.3 is 0 Å². The molecule has 0 saturated carbocycles. The molecule has 14 heavy (non-hydrogen) atoms. The fraction of sp³-hybridized carbons (Fsp3) is 0.889. The molecule has 2 heterocycles. The minimum Gasteiger partial charge on any atom is -0.329 e. The highest BCUT2D eigenvalue weighted by Crippen LogP contribution is 2.33. The Morgan fingerprint density at radius 1 is 1.50 bits per heavy atom. The molecule has 0 atom stereocenters. The number of hydrogen-bond acceptors (Lipinski definition) is 4. The Kier molecular flexibility index (Phi) is 2.99. The van der Waals surface area contributed by atoms with Crippen LogP contribution in [0.2, 0.25) is 0 Å². The van der Waals surface area contributed by atoms with Crippen LogP contribution in [0.1, 0.15) is 19.3 Å². The molecule has 2 aliphatic rings. The highest BCUT2D eigenvalue weighted by molar-refractivity contribution is 7.99. The molecule has 0 aromatic rings. The minimum atomic E-state index is 0.0670. The summed E-state index contributed by atoms with van der Waals surface area (Å²) in [4.78, 5) is 11.6. The van der Waals surface area contributed by atoms with Gasteiger partial charge in [-0.3, -0.25) is 9.80 Å². The summed E-state index contributed by atoms with van der Waals surface area (Å²) >= 11 is 1.98. The molecule has 3 N–H and O–H groups in total. The van der Waals surface area contributed by atoms with Gasteiger partial charge in [0.2, 0.25) is 5.91 Å². The number of nitrogens with one attached hydrogen (secondary N) is 1. The molecule has 2 rings (SSSR count). The molecule has 0 aromatic carbocycles. The van der Waals surface area contributed by atoms with E-state index in [9.17, 15) is 4.79 Å². The Morgan fingerprint density at radius 3 is 2.86 bits per heavy atom. The van der Waals surface area contributed by atoms with Gasteiger partial charge < -0.3 is 5.73 Å². The molecular weight excluding hydrogens is 198 g/mol. The fourth-order valence-corrected chi connectivity index (χ4v) is 3.41. The van der Waals surface area contributed by atoms with E-state index in [2.05, 4.69) is 5.43 Å². The van der Waals surface area contributed by atoms with Gasteiger partial charge in [-0.15, -0.1) is 0 Å². The van der Waals surface area contributed by atoms with Crippen LogP contribution in [-0.2, 0) is 4.79 Å². The second kappa shape index (κ2) is 4.08. The summed E-state index contributed by atoms with van der Waals surface area (Å²) in [6, 6.07) is 0. The zero-order chi connectivity index (χ0) is 10.0. The summed E-state index contributed by atoms with van der Waals surface area (Å²) in [5.41, 5.74) is 8.86. The third kappa shape index (κ3) is 1.89. The molecule has 1 amide bonds. The van der Waals surface area contributed by atoms with Crippen LogP contribution in [-0.4, -0.2) is 41.1 Å². The zero-order valence-corrected chi connectivity index (χ0v) is 9.11. The molecule has 0 bridgehead atoms. The van der Waals surface area contributed by atoms with Crippen LogP contribution in [0, 0.1) is 0 Å². The van der Waals surface area contributed by atoms with Crippen molar-refractivity contribution in [3.8, 4) is 0 Å². The van der Waals surface area contributed by atoms with E-state index in [1.807, 2.05) is 11.8 Å². The number of nitrogens with two attached hydrogens (primary N) is 1. The second-order valence-electron chi connectivity index (χ2n) is 4.02. The number of rotatable bonds is 2. The van der Waals surface area contributed by atoms with E-state index in [1.165, 1.54) is 0 Å². The molecule has 2 aliphatic heterocycles. The molecular formula is C9H17N3OS. The Balaban J connectivity index is 1.99. The standard InChI is InChI=1S/C9H17N3OS/c10-3-4-12-8(13)7-9(11-12)1-5-14-6-2-9/h11H,1-7,10H2. The predicted molar refractivity (Wildman–Crippen MR) is 57.8 cm³/mol. The summed E-state index contributed by atoms with van der Waals surface area (Å²) in [6.07, 6.45) is 2.86. The average Bonchev–Trinajstić information content (AvgIpc) is 2.45. The predicted octanol–water partition coefficient (Wildman–Crippen LogP) is -0.0522. The monoisotopic (exact) mass is 215 g/mol. The molecule has 2 fully saturated rings. The second-order valence-corrected chi connectivity index (χ2v) is 5.24. The maximum atomic E-state index is 11.6. The maximum absolute atomic E-state index is 11.6. The van der Waals surface area contributed by atoms with Crippen molar-refractivity contribution >= 4 is 17.7 Å². The van der Waals surface area contributed by atoms with Crippen molar-refractivity contribution in [2.45, 2.75) is 24.8 Å². The van der Waals surface area contributed by atoms with Gasteiger partial charge in [-0.2, -0.15) is 11.8 Å². The fourth-order valence-electron chi connectivity index (χ4n) is 2.13. The van der Waals surface area contributed by atoms with Crippen LogP contribution in [0.3, 0.4) is 0 Å². The third-order valence-corrected chi connectivity index (χ3v) is 3.95. The smallest absolute Gasteiger partial charge is 0.238 e. The van der Waals surface area contributed by atoms with Gasteiger partial charge in [-0.05, 0) is 24.3 Å². The summed E-state index contributed by atoms with van der Waals surface area (Å²) in [7, 11) is 0. The summed E-state index contributed by atoms with van der Waals surface area (Å²) in [5, 5.41) is 1.70. The Hall–Kier alpha value is -0.260. The molecule has 2 saturated heterocycles. The van der Waals surface area contributed by atoms with Crippen LogP contribution in [0.4, 0.5) is 0 Å². The number of thioether (sulfide) groups is 1. The number of hydrogen-bond donors (Lipinski definition) is 2. The molecule has 5 heteroatoms. The first-order chi connectivity index (χ1) is 6.76. The first-order valence-electron chi connectivity index (χ1n) is 5.12. The lowest BCUT2D eigenvalue weighted by Crippen LogP contribution is -2.49. The van der Waals surface area contributed by atoms with Gasteiger partial charge in [0, 0.05) is 25.0 Å². The normalized spacial score (nSPS) is 26.1. The maximum Gasteiger partial charge on any atom is 0.238 e. The SMILES string of the molecule is NCCN1NC2(CCSCC2)CC1=O. The molecule has 0 aliphatic carbocycles.